The number of carboxylic acid groups (broad SMARTS) is 1. The van der Waals surface area contributed by atoms with Crippen molar-refractivity contribution in [2.24, 2.45) is 5.73 Å². The first-order valence-corrected chi connectivity index (χ1v) is 4.41. The highest BCUT2D eigenvalue weighted by Crippen LogP contribution is 2.14. The van der Waals surface area contributed by atoms with E-state index < -0.39 is 29.2 Å². The molecule has 0 fully saturated rings. The summed E-state index contributed by atoms with van der Waals surface area (Å²) in [6, 6.07) is 0. The number of aliphatic carboxylic acids is 1. The van der Waals surface area contributed by atoms with Crippen LogP contribution >= 0.6 is 0 Å². The largest absolute Gasteiger partial charge is 0.480 e. The predicted octanol–water partition coefficient (Wildman–Crippen LogP) is -0.509. The molecule has 0 aromatic rings. The number of carbonyl (C=O) groups excluding carboxylic acids is 1. The summed E-state index contributed by atoms with van der Waals surface area (Å²) < 4.78 is 4.80. The summed E-state index contributed by atoms with van der Waals surface area (Å²) in [5, 5.41) is 18.1. The number of aliphatic hydroxyl groups is 1. The predicted molar refractivity (Wildman–Crippen MR) is 52.1 cm³/mol. The first kappa shape index (κ1) is 13.9. The lowest BCUT2D eigenvalue weighted by molar-refractivity contribution is -0.173. The van der Waals surface area contributed by atoms with Crippen molar-refractivity contribution in [1.82, 2.24) is 0 Å². The van der Waals surface area contributed by atoms with Crippen molar-refractivity contribution in [3.05, 3.63) is 0 Å². The summed E-state index contributed by atoms with van der Waals surface area (Å²) in [7, 11) is 0. The maximum atomic E-state index is 11.3. The minimum atomic E-state index is -2.05. The van der Waals surface area contributed by atoms with Crippen molar-refractivity contribution >= 4 is 11.9 Å². The summed E-state index contributed by atoms with van der Waals surface area (Å²) in [5.74, 6) is -2.52. The van der Waals surface area contributed by atoms with Crippen molar-refractivity contribution in [1.29, 1.82) is 0 Å². The average Bonchev–Trinajstić information content (AvgIpc) is 1.99. The van der Waals surface area contributed by atoms with E-state index in [0.29, 0.717) is 0 Å². The molecule has 0 saturated carbocycles. The fraction of sp³-hybridized carbons (Fsp3) is 0.778. The summed E-state index contributed by atoms with van der Waals surface area (Å²) in [6.45, 7) is 5.86. The van der Waals surface area contributed by atoms with Crippen LogP contribution in [0.2, 0.25) is 0 Å². The van der Waals surface area contributed by atoms with Gasteiger partial charge in [-0.2, -0.15) is 0 Å². The maximum absolute atomic E-state index is 11.3. The maximum Gasteiger partial charge on any atom is 0.338 e. The van der Waals surface area contributed by atoms with Crippen LogP contribution in [0.3, 0.4) is 0 Å². The van der Waals surface area contributed by atoms with Gasteiger partial charge >= 0.3 is 11.9 Å². The number of rotatable bonds is 3. The van der Waals surface area contributed by atoms with E-state index in [1.54, 1.807) is 20.8 Å². The van der Waals surface area contributed by atoms with Crippen molar-refractivity contribution in [3.8, 4) is 0 Å². The van der Waals surface area contributed by atoms with Crippen LogP contribution in [0.15, 0.2) is 0 Å². The Kier molecular flexibility index (Phi) is 3.84. The molecule has 0 spiro atoms. The number of carboxylic acids is 1. The van der Waals surface area contributed by atoms with Gasteiger partial charge in [-0.15, -0.1) is 0 Å². The Bertz CT molecular complexity index is 266. The zero-order valence-electron chi connectivity index (χ0n) is 9.27. The first-order valence-electron chi connectivity index (χ1n) is 4.41. The van der Waals surface area contributed by atoms with Crippen LogP contribution in [-0.2, 0) is 14.3 Å². The minimum absolute atomic E-state index is 0.799. The Hall–Kier alpha value is -1.14. The summed E-state index contributed by atoms with van der Waals surface area (Å²) in [4.78, 5) is 21.9. The highest BCUT2D eigenvalue weighted by molar-refractivity contribution is 5.88. The Morgan fingerprint density at radius 2 is 1.67 bits per heavy atom. The van der Waals surface area contributed by atoms with Gasteiger partial charge in [-0.25, -0.2) is 4.79 Å². The number of ether oxygens (including phenoxy) is 1. The van der Waals surface area contributed by atoms with Gasteiger partial charge in [0.15, 0.2) is 6.10 Å². The quantitative estimate of drug-likeness (QED) is 0.551. The fourth-order valence-corrected chi connectivity index (χ4v) is 0.719. The smallest absolute Gasteiger partial charge is 0.338 e. The normalized spacial score (nSPS) is 17.7. The monoisotopic (exact) mass is 219 g/mol. The van der Waals surface area contributed by atoms with Gasteiger partial charge in [-0.3, -0.25) is 4.79 Å². The van der Waals surface area contributed by atoms with Crippen LogP contribution in [0.4, 0.5) is 0 Å². The molecule has 6 nitrogen and oxygen atoms in total. The molecule has 2 atom stereocenters. The van der Waals surface area contributed by atoms with Gasteiger partial charge in [0.1, 0.15) is 11.1 Å². The zero-order chi connectivity index (χ0) is 12.4. The van der Waals surface area contributed by atoms with Crippen molar-refractivity contribution in [3.63, 3.8) is 0 Å². The lowest BCUT2D eigenvalue weighted by Gasteiger charge is -2.27. The van der Waals surface area contributed by atoms with Crippen LogP contribution in [0.1, 0.15) is 27.7 Å². The number of hydrogen-bond donors (Lipinski definition) is 3. The molecular formula is C9H17NO5. The second-order valence-electron chi connectivity index (χ2n) is 4.52. The van der Waals surface area contributed by atoms with E-state index in [1.807, 2.05) is 0 Å². The van der Waals surface area contributed by atoms with Crippen molar-refractivity contribution < 1.29 is 24.5 Å². The molecule has 0 aliphatic rings. The molecule has 1 unspecified atom stereocenters. The molecule has 15 heavy (non-hydrogen) atoms. The van der Waals surface area contributed by atoms with Crippen LogP contribution in [-0.4, -0.2) is 39.4 Å². The molecule has 6 heteroatoms. The molecule has 0 amide bonds. The molecule has 0 aliphatic heterocycles. The van der Waals surface area contributed by atoms with Crippen LogP contribution < -0.4 is 5.73 Å². The van der Waals surface area contributed by atoms with E-state index >= 15 is 0 Å². The highest BCUT2D eigenvalue weighted by Gasteiger charge is 2.43. The van der Waals surface area contributed by atoms with E-state index in [9.17, 15) is 14.7 Å². The van der Waals surface area contributed by atoms with E-state index in [0.717, 1.165) is 6.92 Å². The zero-order valence-corrected chi connectivity index (χ0v) is 9.27. The molecule has 0 radical (unpaired) electrons. The number of nitrogens with two attached hydrogens (primary N) is 1. The molecule has 0 aromatic heterocycles. The Morgan fingerprint density at radius 3 is 1.93 bits per heavy atom. The molecule has 0 aliphatic carbocycles. The molecule has 0 saturated heterocycles. The highest BCUT2D eigenvalue weighted by atomic mass is 16.6. The van der Waals surface area contributed by atoms with Gasteiger partial charge in [-0.1, -0.05) is 0 Å². The third-order valence-corrected chi connectivity index (χ3v) is 1.66. The molecule has 0 rings (SSSR count). The van der Waals surface area contributed by atoms with E-state index in [-0.39, 0.29) is 0 Å². The van der Waals surface area contributed by atoms with Crippen molar-refractivity contribution in [2.75, 3.05) is 0 Å². The number of esters is 1. The second kappa shape index (κ2) is 4.16. The van der Waals surface area contributed by atoms with Crippen LogP contribution in [0.5, 0.6) is 0 Å². The minimum Gasteiger partial charge on any atom is -0.480 e. The lowest BCUT2D eigenvalue weighted by Crippen LogP contribution is -2.58. The number of hydrogen-bond acceptors (Lipinski definition) is 5. The van der Waals surface area contributed by atoms with Crippen LogP contribution in [0.25, 0.3) is 0 Å². The van der Waals surface area contributed by atoms with Gasteiger partial charge in [-0.05, 0) is 27.7 Å². The third-order valence-electron chi connectivity index (χ3n) is 1.66. The van der Waals surface area contributed by atoms with Crippen molar-refractivity contribution in [2.45, 2.75) is 44.9 Å². The average molecular weight is 219 g/mol. The standard InChI is InChI=1S/C9H17NO5/c1-8(2,3)15-6(12)5(11)9(4,10)7(13)14/h5,11H,10H2,1-4H3,(H,13,14)/t5?,9-/m0/s1. The van der Waals surface area contributed by atoms with E-state index in [1.165, 1.54) is 0 Å². The summed E-state index contributed by atoms with van der Waals surface area (Å²) >= 11 is 0. The van der Waals surface area contributed by atoms with Gasteiger partial charge in [0.05, 0.1) is 0 Å². The fourth-order valence-electron chi connectivity index (χ4n) is 0.719. The SMILES string of the molecule is CC(C)(C)OC(=O)C(O)[C@](C)(N)C(=O)O. The number of aliphatic hydroxyl groups excluding tert-OH is 1. The lowest BCUT2D eigenvalue weighted by atomic mass is 9.96. The third kappa shape index (κ3) is 3.85. The molecule has 4 N–H and O–H groups in total. The molecule has 0 heterocycles. The summed E-state index contributed by atoms with van der Waals surface area (Å²) in [5.41, 5.74) is 2.42. The van der Waals surface area contributed by atoms with E-state index in [4.69, 9.17) is 15.6 Å². The Morgan fingerprint density at radius 1 is 1.27 bits per heavy atom. The first-order chi connectivity index (χ1) is 6.48. The molecule has 0 aromatic carbocycles. The molecule has 0 bridgehead atoms. The Balaban J connectivity index is 4.66. The Labute approximate surface area is 88.0 Å². The molecule has 88 valence electrons. The topological polar surface area (TPSA) is 110 Å². The summed E-state index contributed by atoms with van der Waals surface area (Å²) in [6.07, 6.45) is -1.89. The van der Waals surface area contributed by atoms with Gasteiger partial charge < -0.3 is 20.7 Å². The van der Waals surface area contributed by atoms with Gasteiger partial charge in [0, 0.05) is 0 Å². The van der Waals surface area contributed by atoms with Crippen LogP contribution in [0, 0.1) is 0 Å². The van der Waals surface area contributed by atoms with Gasteiger partial charge in [0.25, 0.3) is 0 Å². The molecular weight excluding hydrogens is 202 g/mol. The van der Waals surface area contributed by atoms with E-state index in [2.05, 4.69) is 0 Å². The number of carbonyl (C=O) groups is 2. The van der Waals surface area contributed by atoms with Gasteiger partial charge in [0.2, 0.25) is 0 Å². The second-order valence-corrected chi connectivity index (χ2v) is 4.52.